The standard InChI is InChI=1S/C49H54N14O6/c1-6-62-38(23-30(3)58-62)46(66)56-48-54-36-25-34(44(51)64)27-40(68-21-11-8-13-32-14-16-33(29-50)17-15-32)42(36)60(48)19-9-10-20-61-43-37(26-35(45(52)65)28-41(43)69-22-12-18-53-5)55-49(61)57-47(67)39-24-31(4)59-63(39)7-2/h8-11,14-17,23-28,53H,6-7,12-13,18-22H2,1-5H3,(H2,51,64)(H2,52,65)(H,54,56,66)(H,55,57,67)/b10-9+,11-8+. The van der Waals surface area contributed by atoms with Gasteiger partial charge in [0.25, 0.3) is 11.8 Å². The quantitative estimate of drug-likeness (QED) is 0.0421. The van der Waals surface area contributed by atoms with Crippen LogP contribution < -0.4 is 36.9 Å². The van der Waals surface area contributed by atoms with Gasteiger partial charge in [-0.05, 0) is 108 Å². The number of aryl methyl sites for hydroxylation is 4. The van der Waals surface area contributed by atoms with Crippen molar-refractivity contribution in [2.24, 2.45) is 11.5 Å². The van der Waals surface area contributed by atoms with Crippen molar-refractivity contribution in [1.82, 2.24) is 44.0 Å². The number of carbonyl (C=O) groups excluding carboxylic acids is 4. The van der Waals surface area contributed by atoms with E-state index in [0.717, 1.165) is 5.56 Å². The number of fused-ring (bicyclic) bond motifs is 2. The zero-order valence-corrected chi connectivity index (χ0v) is 39.1. The van der Waals surface area contributed by atoms with Gasteiger partial charge in [0.2, 0.25) is 23.7 Å². The van der Waals surface area contributed by atoms with Crippen molar-refractivity contribution < 1.29 is 28.7 Å². The average molecular weight is 935 g/mol. The second-order valence-corrected chi connectivity index (χ2v) is 16.0. The van der Waals surface area contributed by atoms with Crippen molar-refractivity contribution >= 4 is 57.6 Å². The highest BCUT2D eigenvalue weighted by Crippen LogP contribution is 2.33. The van der Waals surface area contributed by atoms with E-state index in [-0.39, 0.29) is 48.5 Å². The average Bonchev–Trinajstić information content (AvgIpc) is 4.11. The van der Waals surface area contributed by atoms with Gasteiger partial charge in [0.15, 0.2) is 0 Å². The Kier molecular flexibility index (Phi) is 15.3. The van der Waals surface area contributed by atoms with Crippen LogP contribution in [0.2, 0.25) is 0 Å². The molecule has 3 aromatic carbocycles. The van der Waals surface area contributed by atoms with Gasteiger partial charge in [-0.25, -0.2) is 9.97 Å². The Bertz CT molecular complexity index is 3150. The van der Waals surface area contributed by atoms with Crippen molar-refractivity contribution in [2.75, 3.05) is 37.4 Å². The molecule has 0 saturated heterocycles. The summed E-state index contributed by atoms with van der Waals surface area (Å²) in [5, 5.41) is 27.0. The highest BCUT2D eigenvalue weighted by molar-refractivity contribution is 6.05. The number of nitrogens with zero attached hydrogens (tertiary/aromatic N) is 9. The molecule has 4 aromatic heterocycles. The molecule has 0 spiro atoms. The van der Waals surface area contributed by atoms with Crippen LogP contribution in [-0.2, 0) is 32.6 Å². The van der Waals surface area contributed by atoms with Crippen LogP contribution in [0.1, 0.15) is 84.5 Å². The molecule has 0 atom stereocenters. The molecular weight excluding hydrogens is 881 g/mol. The van der Waals surface area contributed by atoms with Crippen molar-refractivity contribution in [3.8, 4) is 17.6 Å². The van der Waals surface area contributed by atoms with E-state index in [4.69, 9.17) is 36.2 Å². The van der Waals surface area contributed by atoms with Gasteiger partial charge in [0, 0.05) is 37.3 Å². The van der Waals surface area contributed by atoms with Gasteiger partial charge in [-0.15, -0.1) is 0 Å². The lowest BCUT2D eigenvalue weighted by atomic mass is 10.1. The number of hydrogen-bond donors (Lipinski definition) is 5. The molecule has 20 heteroatoms. The summed E-state index contributed by atoms with van der Waals surface area (Å²) in [6.45, 7) is 9.67. The minimum Gasteiger partial charge on any atom is -0.491 e. The topological polar surface area (TPSA) is 270 Å². The lowest BCUT2D eigenvalue weighted by Crippen LogP contribution is -2.20. The van der Waals surface area contributed by atoms with Crippen molar-refractivity contribution in [2.45, 2.75) is 66.7 Å². The maximum Gasteiger partial charge on any atom is 0.276 e. The zero-order valence-electron chi connectivity index (χ0n) is 39.1. The van der Waals surface area contributed by atoms with Crippen molar-refractivity contribution in [1.29, 1.82) is 5.26 Å². The van der Waals surface area contributed by atoms with Crippen LogP contribution >= 0.6 is 0 Å². The van der Waals surface area contributed by atoms with E-state index >= 15 is 0 Å². The van der Waals surface area contributed by atoms with Gasteiger partial charge in [0.1, 0.15) is 40.5 Å². The molecule has 0 radical (unpaired) electrons. The van der Waals surface area contributed by atoms with Crippen LogP contribution in [0.5, 0.6) is 11.5 Å². The second kappa shape index (κ2) is 21.8. The number of primary amides is 2. The summed E-state index contributed by atoms with van der Waals surface area (Å²) in [6.07, 6.45) is 8.73. The van der Waals surface area contributed by atoms with Gasteiger partial charge in [-0.3, -0.25) is 39.2 Å². The number of hydrogen-bond acceptors (Lipinski definition) is 12. The van der Waals surface area contributed by atoms with Crippen molar-refractivity contribution in [3.05, 3.63) is 130 Å². The molecule has 69 heavy (non-hydrogen) atoms. The van der Waals surface area contributed by atoms with Crippen LogP contribution in [0.15, 0.2) is 85.0 Å². The van der Waals surface area contributed by atoms with Gasteiger partial charge in [-0.1, -0.05) is 36.4 Å². The van der Waals surface area contributed by atoms with E-state index in [2.05, 4.69) is 32.2 Å². The number of nitrogens with two attached hydrogens (primary N) is 2. The second-order valence-electron chi connectivity index (χ2n) is 16.0. The van der Waals surface area contributed by atoms with Gasteiger partial charge >= 0.3 is 0 Å². The fraction of sp³-hybridized carbons (Fsp3) is 0.286. The number of carbonyl (C=O) groups is 4. The first-order valence-electron chi connectivity index (χ1n) is 22.4. The Morgan fingerprint density at radius 2 is 1.22 bits per heavy atom. The number of aromatic nitrogens is 8. The van der Waals surface area contributed by atoms with Crippen LogP contribution in [0.4, 0.5) is 11.9 Å². The number of benzene rings is 3. The van der Waals surface area contributed by atoms with Crippen LogP contribution in [0.25, 0.3) is 22.1 Å². The molecule has 7 N–H and O–H groups in total. The molecule has 0 bridgehead atoms. The highest BCUT2D eigenvalue weighted by Gasteiger charge is 2.24. The summed E-state index contributed by atoms with van der Waals surface area (Å²) in [5.41, 5.74) is 17.1. The zero-order chi connectivity index (χ0) is 49.2. The van der Waals surface area contributed by atoms with Gasteiger partial charge in [-0.2, -0.15) is 15.5 Å². The maximum atomic E-state index is 13.9. The molecule has 0 saturated carbocycles. The summed E-state index contributed by atoms with van der Waals surface area (Å²) in [7, 11) is 1.84. The Balaban J connectivity index is 1.27. The fourth-order valence-electron chi connectivity index (χ4n) is 7.71. The molecule has 0 aliphatic carbocycles. The predicted octanol–water partition coefficient (Wildman–Crippen LogP) is 5.43. The first-order valence-corrected chi connectivity index (χ1v) is 22.4. The summed E-state index contributed by atoms with van der Waals surface area (Å²) in [4.78, 5) is 62.5. The normalized spacial score (nSPS) is 11.5. The van der Waals surface area contributed by atoms with E-state index < -0.39 is 23.6 Å². The third-order valence-corrected chi connectivity index (χ3v) is 11.0. The summed E-state index contributed by atoms with van der Waals surface area (Å²) >= 11 is 0. The molecular formula is C49H54N14O6. The highest BCUT2D eigenvalue weighted by atomic mass is 16.5. The molecule has 4 heterocycles. The number of allylic oxidation sites excluding steroid dienone is 3. The number of amides is 4. The monoisotopic (exact) mass is 934 g/mol. The van der Waals surface area contributed by atoms with Crippen molar-refractivity contribution in [3.63, 3.8) is 0 Å². The van der Waals surface area contributed by atoms with E-state index in [9.17, 15) is 19.2 Å². The number of imidazole rings is 2. The molecule has 0 fully saturated rings. The van der Waals surface area contributed by atoms with Gasteiger partial charge in [0.05, 0.1) is 40.7 Å². The molecule has 7 aromatic rings. The lowest BCUT2D eigenvalue weighted by molar-refractivity contribution is 0.0991. The smallest absolute Gasteiger partial charge is 0.276 e. The molecule has 7 rings (SSSR count). The number of nitriles is 1. The Morgan fingerprint density at radius 3 is 1.68 bits per heavy atom. The molecule has 4 amide bonds. The van der Waals surface area contributed by atoms with E-state index in [1.165, 1.54) is 0 Å². The number of anilines is 2. The number of nitrogens with one attached hydrogen (secondary N) is 3. The summed E-state index contributed by atoms with van der Waals surface area (Å²) in [5.74, 6) is -1.30. The minimum absolute atomic E-state index is 0.114. The minimum atomic E-state index is -0.696. The van der Waals surface area contributed by atoms with Crippen LogP contribution in [0.3, 0.4) is 0 Å². The third kappa shape index (κ3) is 11.2. The fourth-order valence-corrected chi connectivity index (χ4v) is 7.71. The predicted molar refractivity (Wildman–Crippen MR) is 260 cm³/mol. The molecule has 356 valence electrons. The lowest BCUT2D eigenvalue weighted by Gasteiger charge is -2.13. The third-order valence-electron chi connectivity index (χ3n) is 11.0. The molecule has 0 aliphatic heterocycles. The van der Waals surface area contributed by atoms with E-state index in [1.54, 1.807) is 80.9 Å². The Morgan fingerprint density at radius 1 is 0.710 bits per heavy atom. The first kappa shape index (κ1) is 48.4. The number of rotatable bonds is 22. The summed E-state index contributed by atoms with van der Waals surface area (Å²) in [6, 6.07) is 19.0. The molecule has 0 aliphatic rings. The van der Waals surface area contributed by atoms with Crippen LogP contribution in [0, 0.1) is 25.2 Å². The SMILES string of the molecule is CCn1nc(C)cc1C(=O)Nc1nc2cc(C(N)=O)cc(OC/C=C/Cc3ccc(C#N)cc3)c2n1C/C=C/Cn1c(NC(=O)c2cc(C)nn2CC)nc2cc(C(N)=O)cc(OCCCNC)c21. The first-order chi connectivity index (χ1) is 33.3. The summed E-state index contributed by atoms with van der Waals surface area (Å²) < 4.78 is 19.3. The van der Waals surface area contributed by atoms with E-state index in [0.29, 0.717) is 95.2 Å². The maximum absolute atomic E-state index is 13.9. The molecule has 20 nitrogen and oxygen atoms in total. The Hall–Kier alpha value is -8.57. The van der Waals surface area contributed by atoms with E-state index in [1.807, 2.05) is 57.3 Å². The van der Waals surface area contributed by atoms with Crippen LogP contribution in [-0.4, -0.2) is 89.1 Å². The molecule has 0 unspecified atom stereocenters. The number of ether oxygens (including phenoxy) is 2. The Labute approximate surface area is 397 Å². The van der Waals surface area contributed by atoms with Gasteiger partial charge < -0.3 is 35.4 Å². The largest absolute Gasteiger partial charge is 0.491 e.